The predicted octanol–water partition coefficient (Wildman–Crippen LogP) is 10.2. The van der Waals surface area contributed by atoms with Gasteiger partial charge in [-0.05, 0) is 88.9 Å². The van der Waals surface area contributed by atoms with E-state index in [0.717, 1.165) is 67.4 Å². The lowest BCUT2D eigenvalue weighted by atomic mass is 9.92. The van der Waals surface area contributed by atoms with Crippen molar-refractivity contribution >= 4 is 34.3 Å². The van der Waals surface area contributed by atoms with Crippen LogP contribution < -0.4 is 9.47 Å². The standard InChI is InChI=1S/C43H34N2O2/c1-46-42-25-23-32(28-38(42)40(34-15-7-3-8-16-34)30-44-36-19-11-5-12-20-36)27-33-24-26-43(47-2)39(29-33)41(35-17-9-4-10-18-35)31-45-37-21-13-6-14-22-37/h3-26,28-29H,27H2,1-2H3. The number of ether oxygens (including phenoxy) is 2. The molecule has 0 N–H and O–H groups in total. The number of aliphatic imine (C=N–C) groups is 2. The molecule has 0 radical (unpaired) electrons. The van der Waals surface area contributed by atoms with Crippen LogP contribution in [0.3, 0.4) is 0 Å². The fraction of sp³-hybridized carbons (Fsp3) is 0.0698. The van der Waals surface area contributed by atoms with Crippen molar-refractivity contribution < 1.29 is 9.47 Å². The Morgan fingerprint density at radius 3 is 1.19 bits per heavy atom. The van der Waals surface area contributed by atoms with E-state index < -0.39 is 0 Å². The quantitative estimate of drug-likeness (QED) is 0.145. The summed E-state index contributed by atoms with van der Waals surface area (Å²) in [6.45, 7) is 0. The minimum Gasteiger partial charge on any atom is -0.496 e. The van der Waals surface area contributed by atoms with E-state index in [1.54, 1.807) is 14.2 Å². The van der Waals surface area contributed by atoms with Gasteiger partial charge >= 0.3 is 0 Å². The van der Waals surface area contributed by atoms with E-state index in [0.29, 0.717) is 6.42 Å². The predicted molar refractivity (Wildman–Crippen MR) is 194 cm³/mol. The molecule has 0 heterocycles. The number of hydrogen-bond donors (Lipinski definition) is 0. The van der Waals surface area contributed by atoms with Gasteiger partial charge in [0, 0.05) is 11.1 Å². The van der Waals surface area contributed by atoms with Crippen LogP contribution in [0.15, 0.2) is 168 Å². The molecule has 0 bridgehead atoms. The average molecular weight is 611 g/mol. The van der Waals surface area contributed by atoms with Crippen LogP contribution in [-0.4, -0.2) is 26.0 Å². The summed E-state index contributed by atoms with van der Waals surface area (Å²) < 4.78 is 11.7. The first-order valence-corrected chi connectivity index (χ1v) is 15.4. The first kappa shape index (κ1) is 30.8. The minimum atomic E-state index is 0.684. The smallest absolute Gasteiger partial charge is 0.127 e. The van der Waals surface area contributed by atoms with Gasteiger partial charge in [0.25, 0.3) is 0 Å². The van der Waals surface area contributed by atoms with Crippen LogP contribution in [0.4, 0.5) is 11.4 Å². The van der Waals surface area contributed by atoms with Gasteiger partial charge in [-0.25, -0.2) is 9.98 Å². The van der Waals surface area contributed by atoms with Crippen molar-refractivity contribution in [1.29, 1.82) is 0 Å². The molecule has 0 aliphatic carbocycles. The molecule has 0 amide bonds. The number of rotatable bonds is 10. The van der Waals surface area contributed by atoms with E-state index >= 15 is 0 Å². The van der Waals surface area contributed by atoms with Crippen molar-refractivity contribution in [3.8, 4) is 11.5 Å². The maximum absolute atomic E-state index is 5.86. The molecule has 0 fully saturated rings. The molecule has 4 heteroatoms. The third-order valence-electron chi connectivity index (χ3n) is 7.71. The molecule has 0 aromatic heterocycles. The summed E-state index contributed by atoms with van der Waals surface area (Å²) in [5.41, 5.74) is 9.47. The monoisotopic (exact) mass is 610 g/mol. The lowest BCUT2D eigenvalue weighted by Gasteiger charge is -2.15. The molecule has 6 rings (SSSR count). The lowest BCUT2D eigenvalue weighted by molar-refractivity contribution is 0.413. The summed E-state index contributed by atoms with van der Waals surface area (Å²) in [6.07, 6.45) is 0.684. The largest absolute Gasteiger partial charge is 0.496 e. The molecule has 6 aromatic rings. The Bertz CT molecular complexity index is 1920. The molecule has 0 aliphatic heterocycles. The fourth-order valence-corrected chi connectivity index (χ4v) is 5.37. The number of methoxy groups -OCH3 is 2. The van der Waals surface area contributed by atoms with Gasteiger partial charge in [0.05, 0.1) is 36.7 Å². The van der Waals surface area contributed by atoms with E-state index in [1.165, 1.54) is 0 Å². The van der Waals surface area contributed by atoms with Crippen LogP contribution in [0.1, 0.15) is 33.4 Å². The van der Waals surface area contributed by atoms with Crippen LogP contribution in [0.2, 0.25) is 0 Å². The van der Waals surface area contributed by atoms with E-state index in [-0.39, 0.29) is 0 Å². The molecule has 0 saturated heterocycles. The second-order valence-electron chi connectivity index (χ2n) is 10.8. The number of nitrogens with zero attached hydrogens (tertiary/aromatic N) is 2. The second-order valence-corrected chi connectivity index (χ2v) is 10.8. The van der Waals surface area contributed by atoms with Crippen LogP contribution in [0.5, 0.6) is 11.5 Å². The van der Waals surface area contributed by atoms with Gasteiger partial charge in [-0.1, -0.05) is 109 Å². The molecule has 0 saturated carbocycles. The van der Waals surface area contributed by atoms with E-state index in [4.69, 9.17) is 19.5 Å². The van der Waals surface area contributed by atoms with E-state index in [9.17, 15) is 0 Å². The summed E-state index contributed by atoms with van der Waals surface area (Å²) >= 11 is 0. The molecular formula is C43H34N2O2. The summed E-state index contributed by atoms with van der Waals surface area (Å²) in [7, 11) is 3.39. The zero-order valence-corrected chi connectivity index (χ0v) is 26.4. The van der Waals surface area contributed by atoms with Crippen LogP contribution >= 0.6 is 0 Å². The van der Waals surface area contributed by atoms with Crippen LogP contribution in [0, 0.1) is 0 Å². The molecule has 6 aromatic carbocycles. The van der Waals surface area contributed by atoms with Crippen molar-refractivity contribution in [2.75, 3.05) is 14.2 Å². The summed E-state index contributed by atoms with van der Waals surface area (Å²) in [5, 5.41) is 0. The highest BCUT2D eigenvalue weighted by Crippen LogP contribution is 2.34. The molecule has 0 spiro atoms. The Morgan fingerprint density at radius 1 is 0.468 bits per heavy atom. The molecule has 0 unspecified atom stereocenters. The molecule has 0 atom stereocenters. The van der Waals surface area contributed by atoms with Crippen molar-refractivity contribution in [3.05, 3.63) is 191 Å². The number of para-hydroxylation sites is 2. The normalized spacial score (nSPS) is 10.3. The minimum absolute atomic E-state index is 0.684. The Hall–Kier alpha value is -6.18. The van der Waals surface area contributed by atoms with Crippen LogP contribution in [0.25, 0.3) is 11.1 Å². The van der Waals surface area contributed by atoms with E-state index in [1.807, 2.05) is 109 Å². The van der Waals surface area contributed by atoms with Gasteiger partial charge < -0.3 is 9.47 Å². The van der Waals surface area contributed by atoms with Gasteiger partial charge in [0.15, 0.2) is 0 Å². The average Bonchev–Trinajstić information content (AvgIpc) is 3.14. The zero-order valence-electron chi connectivity index (χ0n) is 26.4. The molecule has 4 nitrogen and oxygen atoms in total. The number of benzene rings is 6. The maximum Gasteiger partial charge on any atom is 0.127 e. The van der Waals surface area contributed by atoms with Crippen molar-refractivity contribution in [1.82, 2.24) is 0 Å². The highest BCUT2D eigenvalue weighted by Gasteiger charge is 2.15. The Labute approximate surface area is 276 Å². The molecule has 47 heavy (non-hydrogen) atoms. The van der Waals surface area contributed by atoms with Crippen molar-refractivity contribution in [2.24, 2.45) is 9.98 Å². The van der Waals surface area contributed by atoms with Gasteiger partial charge in [-0.2, -0.15) is 0 Å². The second kappa shape index (κ2) is 15.2. The lowest BCUT2D eigenvalue weighted by Crippen LogP contribution is -1.99. The Balaban J connectivity index is 1.43. The van der Waals surface area contributed by atoms with Crippen molar-refractivity contribution in [2.45, 2.75) is 6.42 Å². The SMILES string of the molecule is COc1ccc(Cc2ccc(OC)c(C(=C=Nc3ccccc3)c3ccccc3)c2)cc1C(=C=Nc1ccccc1)c1ccccc1. The summed E-state index contributed by atoms with van der Waals surface area (Å²) in [5.74, 6) is 8.19. The Kier molecular flexibility index (Phi) is 9.97. The summed E-state index contributed by atoms with van der Waals surface area (Å²) in [6, 6.07) is 52.7. The third-order valence-corrected chi connectivity index (χ3v) is 7.71. The summed E-state index contributed by atoms with van der Waals surface area (Å²) in [4.78, 5) is 9.38. The Morgan fingerprint density at radius 2 is 0.830 bits per heavy atom. The highest BCUT2D eigenvalue weighted by atomic mass is 16.5. The molecular weight excluding hydrogens is 576 g/mol. The molecule has 0 aliphatic rings. The van der Waals surface area contributed by atoms with Gasteiger partial charge in [0.2, 0.25) is 0 Å². The molecule has 228 valence electrons. The van der Waals surface area contributed by atoms with Gasteiger partial charge in [0.1, 0.15) is 11.5 Å². The maximum atomic E-state index is 5.86. The first-order chi connectivity index (χ1) is 23.2. The zero-order chi connectivity index (χ0) is 32.3. The van der Waals surface area contributed by atoms with Crippen LogP contribution in [-0.2, 0) is 6.42 Å². The third kappa shape index (κ3) is 7.73. The van der Waals surface area contributed by atoms with Crippen molar-refractivity contribution in [3.63, 3.8) is 0 Å². The topological polar surface area (TPSA) is 43.2 Å². The van der Waals surface area contributed by atoms with Gasteiger partial charge in [-0.15, -0.1) is 0 Å². The van der Waals surface area contributed by atoms with Gasteiger partial charge in [-0.3, -0.25) is 0 Å². The fourth-order valence-electron chi connectivity index (χ4n) is 5.37. The first-order valence-electron chi connectivity index (χ1n) is 15.4. The van der Waals surface area contributed by atoms with E-state index in [2.05, 4.69) is 60.3 Å². The highest BCUT2D eigenvalue weighted by molar-refractivity contribution is 6.02. The number of hydrogen-bond acceptors (Lipinski definition) is 4.